The maximum atomic E-state index is 12.6. The van der Waals surface area contributed by atoms with Crippen molar-refractivity contribution in [3.8, 4) is 17.3 Å². The van der Waals surface area contributed by atoms with E-state index in [1.807, 2.05) is 60.7 Å². The van der Waals surface area contributed by atoms with Gasteiger partial charge in [-0.2, -0.15) is 10.4 Å². The Morgan fingerprint density at radius 2 is 1.79 bits per heavy atom. The minimum atomic E-state index is -0.405. The Hall–Kier alpha value is -3.91. The monoisotopic (exact) mass is 366 g/mol. The zero-order valence-corrected chi connectivity index (χ0v) is 15.6. The van der Waals surface area contributed by atoms with Gasteiger partial charge in [0.05, 0.1) is 11.9 Å². The second-order valence-electron chi connectivity index (χ2n) is 6.64. The number of fused-ring (bicyclic) bond motifs is 1. The van der Waals surface area contributed by atoms with Crippen LogP contribution in [0, 0.1) is 25.2 Å². The third-order valence-electron chi connectivity index (χ3n) is 4.78. The highest BCUT2D eigenvalue weighted by atomic mass is 16.1. The number of aromatic amines is 1. The van der Waals surface area contributed by atoms with Crippen molar-refractivity contribution >= 4 is 17.1 Å². The van der Waals surface area contributed by atoms with Crippen molar-refractivity contribution in [2.45, 2.75) is 13.8 Å². The molecule has 2 aromatic heterocycles. The SMILES string of the molecule is Cc1cc(C)n(/N=C/c2c(-c3ccccc3)[nH]c3ccccc23)c(=O)c1C#N. The van der Waals surface area contributed by atoms with E-state index >= 15 is 0 Å². The molecule has 0 atom stereocenters. The molecule has 2 heterocycles. The van der Waals surface area contributed by atoms with E-state index in [2.05, 4.69) is 10.1 Å². The summed E-state index contributed by atoms with van der Waals surface area (Å²) in [5.41, 5.74) is 4.91. The topological polar surface area (TPSA) is 73.9 Å². The molecule has 1 N–H and O–H groups in total. The van der Waals surface area contributed by atoms with Gasteiger partial charge in [0.1, 0.15) is 11.6 Å². The van der Waals surface area contributed by atoms with Crippen LogP contribution in [-0.4, -0.2) is 15.9 Å². The lowest BCUT2D eigenvalue weighted by atomic mass is 10.1. The first-order valence-electron chi connectivity index (χ1n) is 8.94. The maximum absolute atomic E-state index is 12.6. The average Bonchev–Trinajstić information content (AvgIpc) is 3.07. The fourth-order valence-corrected chi connectivity index (χ4v) is 3.41. The number of nitrogens with one attached hydrogen (secondary N) is 1. The minimum Gasteiger partial charge on any atom is -0.354 e. The molecule has 0 unspecified atom stereocenters. The average molecular weight is 366 g/mol. The van der Waals surface area contributed by atoms with Crippen LogP contribution in [0.4, 0.5) is 0 Å². The van der Waals surface area contributed by atoms with Crippen molar-refractivity contribution < 1.29 is 0 Å². The molecule has 28 heavy (non-hydrogen) atoms. The van der Waals surface area contributed by atoms with Crippen LogP contribution >= 0.6 is 0 Å². The third kappa shape index (κ3) is 2.91. The Morgan fingerprint density at radius 3 is 2.54 bits per heavy atom. The van der Waals surface area contributed by atoms with Gasteiger partial charge in [0.25, 0.3) is 5.56 Å². The van der Waals surface area contributed by atoms with Crippen molar-refractivity contribution in [1.29, 1.82) is 5.26 Å². The van der Waals surface area contributed by atoms with Gasteiger partial charge in [-0.15, -0.1) is 0 Å². The molecule has 0 saturated carbocycles. The van der Waals surface area contributed by atoms with Gasteiger partial charge in [0, 0.05) is 22.2 Å². The summed E-state index contributed by atoms with van der Waals surface area (Å²) < 4.78 is 1.28. The summed E-state index contributed by atoms with van der Waals surface area (Å²) in [7, 11) is 0. The molecule has 5 heteroatoms. The molecular formula is C23H18N4O. The van der Waals surface area contributed by atoms with Crippen LogP contribution in [-0.2, 0) is 0 Å². The second kappa shape index (κ2) is 7.01. The first-order chi connectivity index (χ1) is 13.6. The summed E-state index contributed by atoms with van der Waals surface area (Å²) in [5.74, 6) is 0. The number of aromatic nitrogens is 2. The van der Waals surface area contributed by atoms with Crippen LogP contribution in [0.15, 0.2) is 70.6 Å². The molecule has 0 spiro atoms. The highest BCUT2D eigenvalue weighted by molar-refractivity contribution is 6.05. The molecule has 0 aliphatic carbocycles. The van der Waals surface area contributed by atoms with Crippen LogP contribution in [0.3, 0.4) is 0 Å². The Labute approximate surface area is 162 Å². The van der Waals surface area contributed by atoms with Crippen molar-refractivity contribution in [2.24, 2.45) is 5.10 Å². The van der Waals surface area contributed by atoms with Gasteiger partial charge < -0.3 is 4.98 Å². The Kier molecular flexibility index (Phi) is 4.38. The quantitative estimate of drug-likeness (QED) is 0.547. The molecule has 0 amide bonds. The molecule has 0 radical (unpaired) electrons. The van der Waals surface area contributed by atoms with Crippen LogP contribution in [0.2, 0.25) is 0 Å². The molecule has 4 rings (SSSR count). The van der Waals surface area contributed by atoms with Crippen molar-refractivity contribution in [2.75, 3.05) is 0 Å². The predicted octanol–water partition coefficient (Wildman–Crippen LogP) is 4.37. The molecule has 2 aromatic carbocycles. The Balaban J connectivity index is 1.92. The fraction of sp³-hybridized carbons (Fsp3) is 0.0870. The van der Waals surface area contributed by atoms with Crippen LogP contribution in [0.25, 0.3) is 22.2 Å². The summed E-state index contributed by atoms with van der Waals surface area (Å²) >= 11 is 0. The number of pyridine rings is 1. The molecule has 0 fully saturated rings. The first kappa shape index (κ1) is 17.5. The van der Waals surface area contributed by atoms with E-state index in [0.717, 1.165) is 27.7 Å². The predicted molar refractivity (Wildman–Crippen MR) is 112 cm³/mol. The van der Waals surface area contributed by atoms with Crippen molar-refractivity contribution in [1.82, 2.24) is 9.66 Å². The van der Waals surface area contributed by atoms with Gasteiger partial charge >= 0.3 is 0 Å². The van der Waals surface area contributed by atoms with E-state index in [-0.39, 0.29) is 5.56 Å². The fourth-order valence-electron chi connectivity index (χ4n) is 3.41. The maximum Gasteiger partial charge on any atom is 0.289 e. The molecule has 136 valence electrons. The highest BCUT2D eigenvalue weighted by Gasteiger charge is 2.13. The lowest BCUT2D eigenvalue weighted by Gasteiger charge is -2.06. The van der Waals surface area contributed by atoms with E-state index in [9.17, 15) is 10.1 Å². The van der Waals surface area contributed by atoms with Crippen molar-refractivity contribution in [3.63, 3.8) is 0 Å². The van der Waals surface area contributed by atoms with E-state index in [1.54, 1.807) is 26.1 Å². The second-order valence-corrected chi connectivity index (χ2v) is 6.64. The van der Waals surface area contributed by atoms with Gasteiger partial charge in [0.2, 0.25) is 0 Å². The third-order valence-corrected chi connectivity index (χ3v) is 4.78. The number of benzene rings is 2. The zero-order chi connectivity index (χ0) is 19.7. The molecular weight excluding hydrogens is 348 g/mol. The standard InChI is InChI=1S/C23H18N4O/c1-15-12-16(2)27(23(28)19(15)13-24)25-14-20-18-10-6-7-11-21(18)26-22(20)17-8-4-3-5-9-17/h3-12,14,26H,1-2H3/b25-14+. The van der Waals surface area contributed by atoms with Gasteiger partial charge in [0.15, 0.2) is 0 Å². The summed E-state index contributed by atoms with van der Waals surface area (Å²) in [6.07, 6.45) is 1.69. The zero-order valence-electron chi connectivity index (χ0n) is 15.6. The van der Waals surface area contributed by atoms with E-state index in [1.165, 1.54) is 4.68 Å². The summed E-state index contributed by atoms with van der Waals surface area (Å²) in [4.78, 5) is 16.1. The van der Waals surface area contributed by atoms with Crippen LogP contribution in [0.1, 0.15) is 22.4 Å². The van der Waals surface area contributed by atoms with Crippen molar-refractivity contribution in [3.05, 3.63) is 93.4 Å². The van der Waals surface area contributed by atoms with Gasteiger partial charge in [-0.3, -0.25) is 4.79 Å². The Bertz CT molecular complexity index is 1300. The number of aryl methyl sites for hydroxylation is 2. The summed E-state index contributed by atoms with van der Waals surface area (Å²) in [6, 6.07) is 21.7. The molecule has 0 saturated heterocycles. The molecule has 5 nitrogen and oxygen atoms in total. The lowest BCUT2D eigenvalue weighted by Crippen LogP contribution is -2.22. The number of nitrogens with zero attached hydrogens (tertiary/aromatic N) is 3. The lowest BCUT2D eigenvalue weighted by molar-refractivity contribution is 0.787. The highest BCUT2D eigenvalue weighted by Crippen LogP contribution is 2.29. The number of nitriles is 1. The molecule has 4 aromatic rings. The summed E-state index contributed by atoms with van der Waals surface area (Å²) in [5, 5.41) is 14.7. The van der Waals surface area contributed by atoms with E-state index in [0.29, 0.717) is 11.3 Å². The smallest absolute Gasteiger partial charge is 0.289 e. The number of para-hydroxylation sites is 1. The number of hydrogen-bond donors (Lipinski definition) is 1. The number of rotatable bonds is 3. The first-order valence-corrected chi connectivity index (χ1v) is 8.94. The minimum absolute atomic E-state index is 0.116. The number of H-pyrrole nitrogens is 1. The number of hydrogen-bond acceptors (Lipinski definition) is 3. The summed E-state index contributed by atoms with van der Waals surface area (Å²) in [6.45, 7) is 3.56. The van der Waals surface area contributed by atoms with Gasteiger partial charge in [-0.25, -0.2) is 4.68 Å². The molecule has 0 aliphatic rings. The normalized spacial score (nSPS) is 11.2. The van der Waals surface area contributed by atoms with Crippen LogP contribution in [0.5, 0.6) is 0 Å². The largest absolute Gasteiger partial charge is 0.354 e. The van der Waals surface area contributed by atoms with E-state index < -0.39 is 5.56 Å². The van der Waals surface area contributed by atoms with Gasteiger partial charge in [-0.1, -0.05) is 48.5 Å². The molecule has 0 bridgehead atoms. The Morgan fingerprint density at radius 1 is 1.07 bits per heavy atom. The van der Waals surface area contributed by atoms with Gasteiger partial charge in [-0.05, 0) is 37.1 Å². The van der Waals surface area contributed by atoms with E-state index in [4.69, 9.17) is 0 Å². The molecule has 0 aliphatic heterocycles. The van der Waals surface area contributed by atoms with Crippen LogP contribution < -0.4 is 5.56 Å².